The molecule has 0 aliphatic heterocycles. The van der Waals surface area contributed by atoms with Crippen molar-refractivity contribution in [2.24, 2.45) is 17.3 Å². The maximum absolute atomic E-state index is 12.5. The first-order chi connectivity index (χ1) is 10.3. The summed E-state index contributed by atoms with van der Waals surface area (Å²) in [5.74, 6) is -1.26. The Labute approximate surface area is 132 Å². The molecule has 0 aromatic carbocycles. The average molecular weight is 314 g/mol. The molecule has 0 spiro atoms. The first kappa shape index (κ1) is 19.0. The average Bonchev–Trinajstić information content (AvgIpc) is 2.37. The Bertz CT molecular complexity index is 393. The van der Waals surface area contributed by atoms with E-state index in [4.69, 9.17) is 0 Å². The van der Waals surface area contributed by atoms with Crippen molar-refractivity contribution in [1.82, 2.24) is 0 Å². The van der Waals surface area contributed by atoms with Crippen molar-refractivity contribution < 1.29 is 18.4 Å². The highest BCUT2D eigenvalue weighted by molar-refractivity contribution is 6.05. The molecule has 0 aromatic heterocycles. The van der Waals surface area contributed by atoms with Crippen LogP contribution in [0, 0.1) is 17.3 Å². The Morgan fingerprint density at radius 2 is 1.68 bits per heavy atom. The third-order valence-corrected chi connectivity index (χ3v) is 4.32. The van der Waals surface area contributed by atoms with Gasteiger partial charge in [0.05, 0.1) is 5.92 Å². The highest BCUT2D eigenvalue weighted by Crippen LogP contribution is 2.38. The molecule has 0 bridgehead atoms. The van der Waals surface area contributed by atoms with Gasteiger partial charge in [-0.05, 0) is 23.8 Å². The lowest BCUT2D eigenvalue weighted by Crippen LogP contribution is -2.41. The van der Waals surface area contributed by atoms with E-state index in [2.05, 4.69) is 6.92 Å². The number of hydrogen-bond donors (Lipinski definition) is 0. The minimum Gasteiger partial charge on any atom is -0.299 e. The van der Waals surface area contributed by atoms with Crippen LogP contribution in [-0.2, 0) is 9.59 Å². The largest absolute Gasteiger partial charge is 0.299 e. The molecule has 0 heterocycles. The van der Waals surface area contributed by atoms with Crippen molar-refractivity contribution in [3.05, 3.63) is 12.2 Å². The van der Waals surface area contributed by atoms with E-state index in [0.717, 1.165) is 31.8 Å². The predicted molar refractivity (Wildman–Crippen MR) is 83.9 cm³/mol. The summed E-state index contributed by atoms with van der Waals surface area (Å²) in [5.41, 5.74) is -0.302. The molecule has 1 unspecified atom stereocenters. The van der Waals surface area contributed by atoms with Crippen molar-refractivity contribution in [2.75, 3.05) is 0 Å². The number of hydrogen-bond acceptors (Lipinski definition) is 2. The normalized spacial score (nSPS) is 21.0. The summed E-state index contributed by atoms with van der Waals surface area (Å²) in [6, 6.07) is 0. The summed E-state index contributed by atoms with van der Waals surface area (Å²) in [7, 11) is 0. The minimum atomic E-state index is -2.54. The lowest BCUT2D eigenvalue weighted by Gasteiger charge is -2.35. The zero-order valence-corrected chi connectivity index (χ0v) is 13.9. The van der Waals surface area contributed by atoms with Crippen LogP contribution in [0.15, 0.2) is 12.2 Å². The fourth-order valence-electron chi connectivity index (χ4n) is 3.29. The Hall–Kier alpha value is -1.06. The van der Waals surface area contributed by atoms with Gasteiger partial charge in [-0.2, -0.15) is 0 Å². The van der Waals surface area contributed by atoms with E-state index < -0.39 is 12.3 Å². The molecule has 1 saturated carbocycles. The van der Waals surface area contributed by atoms with Crippen LogP contribution in [-0.4, -0.2) is 18.0 Å². The first-order valence-electron chi connectivity index (χ1n) is 8.28. The van der Waals surface area contributed by atoms with E-state index in [0.29, 0.717) is 19.3 Å². The fourth-order valence-corrected chi connectivity index (χ4v) is 3.29. The van der Waals surface area contributed by atoms with Gasteiger partial charge < -0.3 is 0 Å². The summed E-state index contributed by atoms with van der Waals surface area (Å²) < 4.78 is 24.9. The first-order valence-corrected chi connectivity index (χ1v) is 8.28. The van der Waals surface area contributed by atoms with E-state index in [9.17, 15) is 18.4 Å². The van der Waals surface area contributed by atoms with E-state index >= 15 is 0 Å². The van der Waals surface area contributed by atoms with Crippen molar-refractivity contribution >= 4 is 11.6 Å². The number of unbranched alkanes of at least 4 members (excludes halogenated alkanes) is 3. The molecular weight excluding hydrogens is 286 g/mol. The molecule has 0 amide bonds. The molecule has 1 aliphatic rings. The van der Waals surface area contributed by atoms with Crippen LogP contribution >= 0.6 is 0 Å². The number of carbonyl (C=O) groups excluding carboxylic acids is 2. The summed E-state index contributed by atoms with van der Waals surface area (Å²) in [6.45, 7) is 5.92. The molecule has 4 heteroatoms. The van der Waals surface area contributed by atoms with Crippen LogP contribution in [0.25, 0.3) is 0 Å². The van der Waals surface area contributed by atoms with Gasteiger partial charge in [-0.1, -0.05) is 52.5 Å². The molecule has 2 nitrogen and oxygen atoms in total. The van der Waals surface area contributed by atoms with Crippen LogP contribution < -0.4 is 0 Å². The number of rotatable bonds is 8. The smallest absolute Gasteiger partial charge is 0.257 e. The van der Waals surface area contributed by atoms with Gasteiger partial charge in [0.2, 0.25) is 0 Å². The van der Waals surface area contributed by atoms with Gasteiger partial charge in [0.25, 0.3) is 6.43 Å². The Morgan fingerprint density at radius 1 is 1.09 bits per heavy atom. The third-order valence-electron chi connectivity index (χ3n) is 4.32. The Morgan fingerprint density at radius 3 is 2.18 bits per heavy atom. The topological polar surface area (TPSA) is 34.1 Å². The summed E-state index contributed by atoms with van der Waals surface area (Å²) >= 11 is 0. The van der Waals surface area contributed by atoms with Gasteiger partial charge in [0.1, 0.15) is 11.6 Å². The number of Topliss-reactive ketones (excluding diaryl/α,β-unsaturated/α-hetero) is 2. The van der Waals surface area contributed by atoms with Gasteiger partial charge in [0, 0.05) is 12.8 Å². The summed E-state index contributed by atoms with van der Waals surface area (Å²) in [5, 5.41) is 0. The minimum absolute atomic E-state index is 0.0827. The van der Waals surface area contributed by atoms with Crippen LogP contribution in [0.2, 0.25) is 0 Å². The van der Waals surface area contributed by atoms with Crippen molar-refractivity contribution in [2.45, 2.75) is 72.1 Å². The number of ketones is 2. The van der Waals surface area contributed by atoms with Gasteiger partial charge in [0.15, 0.2) is 0 Å². The second-order valence-electron chi connectivity index (χ2n) is 7.16. The van der Waals surface area contributed by atoms with Crippen LogP contribution in [0.3, 0.4) is 0 Å². The number of alkyl halides is 2. The second-order valence-corrected chi connectivity index (χ2v) is 7.16. The highest BCUT2D eigenvalue weighted by Gasteiger charge is 2.42. The maximum atomic E-state index is 12.5. The zero-order valence-electron chi connectivity index (χ0n) is 13.9. The second kappa shape index (κ2) is 8.54. The molecule has 0 radical (unpaired) electrons. The summed E-state index contributed by atoms with van der Waals surface area (Å²) in [4.78, 5) is 24.7. The molecule has 0 saturated heterocycles. The van der Waals surface area contributed by atoms with Gasteiger partial charge in [-0.3, -0.25) is 9.59 Å². The Kier molecular flexibility index (Phi) is 7.37. The summed E-state index contributed by atoms with van der Waals surface area (Å²) in [6.07, 6.45) is 5.09. The number of halogens is 2. The molecule has 1 aliphatic carbocycles. The lowest BCUT2D eigenvalue weighted by atomic mass is 9.67. The fraction of sp³-hybridized carbons (Fsp3) is 0.778. The van der Waals surface area contributed by atoms with Gasteiger partial charge in [-0.25, -0.2) is 8.78 Å². The predicted octanol–water partition coefficient (Wildman–Crippen LogP) is 4.97. The molecule has 1 atom stereocenters. The number of allylic oxidation sites excluding steroid dienone is 2. The van der Waals surface area contributed by atoms with E-state index in [-0.39, 0.29) is 22.9 Å². The number of carbonyl (C=O) groups is 2. The lowest BCUT2D eigenvalue weighted by molar-refractivity contribution is -0.141. The van der Waals surface area contributed by atoms with E-state index in [1.807, 2.05) is 13.8 Å². The van der Waals surface area contributed by atoms with Gasteiger partial charge >= 0.3 is 0 Å². The van der Waals surface area contributed by atoms with Crippen molar-refractivity contribution in [1.29, 1.82) is 0 Å². The zero-order chi connectivity index (χ0) is 16.8. The molecule has 1 rings (SSSR count). The standard InChI is InChI=1S/C18H28F2O2/c1-4-5-6-7-8-13(9-10-16(19)20)17-14(21)11-18(2,3)12-15(17)22/h9-10,13,16-17H,4-8,11-12H2,1-3H3/b10-9+. The molecule has 1 fully saturated rings. The van der Waals surface area contributed by atoms with Gasteiger partial charge in [-0.15, -0.1) is 0 Å². The van der Waals surface area contributed by atoms with E-state index in [1.165, 1.54) is 6.08 Å². The van der Waals surface area contributed by atoms with Crippen molar-refractivity contribution in [3.8, 4) is 0 Å². The van der Waals surface area contributed by atoms with Crippen molar-refractivity contribution in [3.63, 3.8) is 0 Å². The molecule has 126 valence electrons. The third kappa shape index (κ3) is 5.98. The highest BCUT2D eigenvalue weighted by atomic mass is 19.3. The van der Waals surface area contributed by atoms with Crippen LogP contribution in [0.5, 0.6) is 0 Å². The molecule has 22 heavy (non-hydrogen) atoms. The van der Waals surface area contributed by atoms with Crippen LogP contribution in [0.1, 0.15) is 65.7 Å². The SMILES string of the molecule is CCCCCCC(/C=C/C(F)F)C1C(=O)CC(C)(C)CC1=O. The molecule has 0 N–H and O–H groups in total. The maximum Gasteiger partial charge on any atom is 0.257 e. The molecular formula is C18H28F2O2. The van der Waals surface area contributed by atoms with Crippen LogP contribution in [0.4, 0.5) is 8.78 Å². The van der Waals surface area contributed by atoms with E-state index in [1.54, 1.807) is 0 Å². The quantitative estimate of drug-likeness (QED) is 0.360. The monoisotopic (exact) mass is 314 g/mol. The Balaban J connectivity index is 2.80. The molecule has 0 aromatic rings.